The Labute approximate surface area is 164 Å². The van der Waals surface area contributed by atoms with E-state index in [0.29, 0.717) is 40.9 Å². The van der Waals surface area contributed by atoms with Crippen LogP contribution in [0.3, 0.4) is 0 Å². The fraction of sp³-hybridized carbons (Fsp3) is 0.429. The molecule has 2 atom stereocenters. The second kappa shape index (κ2) is 8.48. The molecule has 28 heavy (non-hydrogen) atoms. The lowest BCUT2D eigenvalue weighted by Crippen LogP contribution is -2.12. The quantitative estimate of drug-likeness (QED) is 0.741. The molecule has 1 heterocycles. The third kappa shape index (κ3) is 3.75. The Morgan fingerprint density at radius 2 is 1.43 bits per heavy atom. The number of aliphatic hydroxyl groups is 1. The number of fused-ring (bicyclic) bond motifs is 1. The first-order valence-corrected chi connectivity index (χ1v) is 8.97. The molecule has 7 heteroatoms. The normalized spacial score (nSPS) is 14.4. The molecule has 1 aliphatic rings. The van der Waals surface area contributed by atoms with Crippen LogP contribution in [0.2, 0.25) is 0 Å². The SMILES string of the molecule is COc1cc2c(cc1[C@H](C[C@@H](C)O)c1cc(OC)c(OC)c(OC)c1)OCO2. The summed E-state index contributed by atoms with van der Waals surface area (Å²) in [4.78, 5) is 0. The van der Waals surface area contributed by atoms with Gasteiger partial charge >= 0.3 is 0 Å². The van der Waals surface area contributed by atoms with Crippen LogP contribution in [-0.4, -0.2) is 46.4 Å². The molecule has 0 unspecified atom stereocenters. The van der Waals surface area contributed by atoms with Crippen LogP contribution in [0.25, 0.3) is 0 Å². The highest BCUT2D eigenvalue weighted by atomic mass is 16.7. The minimum absolute atomic E-state index is 0.174. The van der Waals surface area contributed by atoms with Crippen LogP contribution in [0, 0.1) is 0 Å². The minimum Gasteiger partial charge on any atom is -0.496 e. The molecule has 152 valence electrons. The number of methoxy groups -OCH3 is 4. The van der Waals surface area contributed by atoms with Gasteiger partial charge in [0.15, 0.2) is 23.0 Å². The second-order valence-electron chi connectivity index (χ2n) is 6.54. The van der Waals surface area contributed by atoms with Crippen molar-refractivity contribution in [1.29, 1.82) is 0 Å². The number of hydrogen-bond donors (Lipinski definition) is 1. The lowest BCUT2D eigenvalue weighted by atomic mass is 9.85. The zero-order chi connectivity index (χ0) is 20.3. The molecule has 2 aromatic rings. The Kier molecular flexibility index (Phi) is 6.04. The standard InChI is InChI=1S/C21H26O7/c1-12(22)6-14(13-7-19(24-3)21(26-5)20(8-13)25-4)15-9-17-18(28-11-27-17)10-16(15)23-2/h7-10,12,14,22H,6,11H2,1-5H3/t12-,14-/m1/s1. The molecule has 0 saturated carbocycles. The molecule has 0 bridgehead atoms. The zero-order valence-electron chi connectivity index (χ0n) is 16.8. The van der Waals surface area contributed by atoms with Gasteiger partial charge in [-0.2, -0.15) is 0 Å². The summed E-state index contributed by atoms with van der Waals surface area (Å²) in [6.45, 7) is 1.93. The van der Waals surface area contributed by atoms with Crippen LogP contribution in [-0.2, 0) is 0 Å². The van der Waals surface area contributed by atoms with Crippen LogP contribution in [0.5, 0.6) is 34.5 Å². The lowest BCUT2D eigenvalue weighted by molar-refractivity contribution is 0.173. The maximum absolute atomic E-state index is 10.2. The summed E-state index contributed by atoms with van der Waals surface area (Å²) in [5.74, 6) is 3.36. The highest BCUT2D eigenvalue weighted by Gasteiger charge is 2.27. The summed E-state index contributed by atoms with van der Waals surface area (Å²) >= 11 is 0. The first kappa shape index (κ1) is 19.9. The smallest absolute Gasteiger partial charge is 0.231 e. The fourth-order valence-corrected chi connectivity index (χ4v) is 3.47. The predicted octanol–water partition coefficient (Wildman–Crippen LogP) is 3.35. The Hall–Kier alpha value is -2.80. The van der Waals surface area contributed by atoms with Crippen molar-refractivity contribution in [3.63, 3.8) is 0 Å². The highest BCUT2D eigenvalue weighted by molar-refractivity contribution is 5.59. The summed E-state index contributed by atoms with van der Waals surface area (Å²) in [6, 6.07) is 7.49. The van der Waals surface area contributed by atoms with E-state index in [1.54, 1.807) is 35.4 Å². The molecule has 0 amide bonds. The summed E-state index contributed by atoms with van der Waals surface area (Å²) in [5.41, 5.74) is 1.77. The van der Waals surface area contributed by atoms with Gasteiger partial charge in [-0.25, -0.2) is 0 Å². The van der Waals surface area contributed by atoms with E-state index < -0.39 is 6.10 Å². The van der Waals surface area contributed by atoms with Crippen molar-refractivity contribution >= 4 is 0 Å². The first-order valence-electron chi connectivity index (χ1n) is 8.97. The largest absolute Gasteiger partial charge is 0.496 e. The molecule has 1 aliphatic heterocycles. The Bertz CT molecular complexity index is 807. The number of rotatable bonds is 8. The van der Waals surface area contributed by atoms with Gasteiger partial charge < -0.3 is 33.5 Å². The molecule has 7 nitrogen and oxygen atoms in total. The van der Waals surface area contributed by atoms with E-state index in [4.69, 9.17) is 28.4 Å². The van der Waals surface area contributed by atoms with Gasteiger partial charge in [-0.3, -0.25) is 0 Å². The topological polar surface area (TPSA) is 75.6 Å². The second-order valence-corrected chi connectivity index (χ2v) is 6.54. The van der Waals surface area contributed by atoms with Gasteiger partial charge in [-0.05, 0) is 37.1 Å². The van der Waals surface area contributed by atoms with Crippen molar-refractivity contribution in [2.75, 3.05) is 35.2 Å². The van der Waals surface area contributed by atoms with Crippen molar-refractivity contribution in [2.45, 2.75) is 25.4 Å². The third-order valence-corrected chi connectivity index (χ3v) is 4.77. The number of ether oxygens (including phenoxy) is 6. The monoisotopic (exact) mass is 390 g/mol. The molecule has 2 aromatic carbocycles. The Morgan fingerprint density at radius 1 is 0.857 bits per heavy atom. The van der Waals surface area contributed by atoms with E-state index in [1.165, 1.54) is 0 Å². The molecule has 0 spiro atoms. The van der Waals surface area contributed by atoms with Gasteiger partial charge in [0, 0.05) is 17.5 Å². The van der Waals surface area contributed by atoms with E-state index in [1.807, 2.05) is 24.3 Å². The fourth-order valence-electron chi connectivity index (χ4n) is 3.47. The molecule has 0 fully saturated rings. The van der Waals surface area contributed by atoms with Gasteiger partial charge in [-0.1, -0.05) is 0 Å². The molecule has 0 saturated heterocycles. The molecule has 0 aromatic heterocycles. The minimum atomic E-state index is -0.542. The molecular weight excluding hydrogens is 364 g/mol. The van der Waals surface area contributed by atoms with Crippen molar-refractivity contribution in [1.82, 2.24) is 0 Å². The molecule has 3 rings (SSSR count). The zero-order valence-corrected chi connectivity index (χ0v) is 16.8. The summed E-state index contributed by atoms with van der Waals surface area (Å²) in [7, 11) is 6.32. The average Bonchev–Trinajstić information content (AvgIpc) is 3.17. The Balaban J connectivity index is 2.17. The van der Waals surface area contributed by atoms with Gasteiger partial charge in [0.1, 0.15) is 5.75 Å². The van der Waals surface area contributed by atoms with Crippen molar-refractivity contribution in [3.05, 3.63) is 35.4 Å². The van der Waals surface area contributed by atoms with E-state index in [2.05, 4.69) is 0 Å². The number of aliphatic hydroxyl groups excluding tert-OH is 1. The Morgan fingerprint density at radius 3 is 1.93 bits per heavy atom. The van der Waals surface area contributed by atoms with E-state index in [9.17, 15) is 5.11 Å². The maximum atomic E-state index is 10.2. The predicted molar refractivity (Wildman–Crippen MR) is 103 cm³/mol. The number of benzene rings is 2. The summed E-state index contributed by atoms with van der Waals surface area (Å²) in [6.07, 6.45) is -0.0755. The van der Waals surface area contributed by atoms with Crippen LogP contribution >= 0.6 is 0 Å². The van der Waals surface area contributed by atoms with Gasteiger partial charge in [0.25, 0.3) is 0 Å². The highest BCUT2D eigenvalue weighted by Crippen LogP contribution is 2.47. The van der Waals surface area contributed by atoms with Gasteiger partial charge in [0.2, 0.25) is 12.5 Å². The van der Waals surface area contributed by atoms with E-state index >= 15 is 0 Å². The summed E-state index contributed by atoms with van der Waals surface area (Å²) in [5, 5.41) is 10.2. The molecule has 0 radical (unpaired) electrons. The van der Waals surface area contributed by atoms with Crippen molar-refractivity contribution in [2.24, 2.45) is 0 Å². The number of hydrogen-bond acceptors (Lipinski definition) is 7. The lowest BCUT2D eigenvalue weighted by Gasteiger charge is -2.24. The van der Waals surface area contributed by atoms with Crippen LogP contribution in [0.15, 0.2) is 24.3 Å². The van der Waals surface area contributed by atoms with Gasteiger partial charge in [-0.15, -0.1) is 0 Å². The molecule has 1 N–H and O–H groups in total. The van der Waals surface area contributed by atoms with E-state index in [0.717, 1.165) is 11.1 Å². The first-order chi connectivity index (χ1) is 13.5. The van der Waals surface area contributed by atoms with Crippen molar-refractivity contribution in [3.8, 4) is 34.5 Å². The van der Waals surface area contributed by atoms with Crippen LogP contribution < -0.4 is 28.4 Å². The van der Waals surface area contributed by atoms with E-state index in [-0.39, 0.29) is 12.7 Å². The average molecular weight is 390 g/mol. The molecular formula is C21H26O7. The molecule has 0 aliphatic carbocycles. The third-order valence-electron chi connectivity index (χ3n) is 4.77. The van der Waals surface area contributed by atoms with Crippen LogP contribution in [0.4, 0.5) is 0 Å². The van der Waals surface area contributed by atoms with Crippen LogP contribution in [0.1, 0.15) is 30.4 Å². The maximum Gasteiger partial charge on any atom is 0.231 e. The van der Waals surface area contributed by atoms with Gasteiger partial charge in [0.05, 0.1) is 34.5 Å². The van der Waals surface area contributed by atoms with Crippen molar-refractivity contribution < 1.29 is 33.5 Å². The summed E-state index contributed by atoms with van der Waals surface area (Å²) < 4.78 is 33.0.